The lowest BCUT2D eigenvalue weighted by atomic mass is 9.98. The fraction of sp³-hybridized carbons (Fsp3) is 0.115. The molecule has 0 N–H and O–H groups in total. The first-order chi connectivity index (χ1) is 15.5. The van der Waals surface area contributed by atoms with Crippen molar-refractivity contribution in [3.05, 3.63) is 105 Å². The molecule has 0 radical (unpaired) electrons. The first kappa shape index (κ1) is 19.8. The van der Waals surface area contributed by atoms with Crippen LogP contribution in [-0.2, 0) is 0 Å². The maximum atomic E-state index is 13.5. The minimum Gasteiger partial charge on any atom is -0.497 e. The molecule has 1 amide bonds. The summed E-state index contributed by atoms with van der Waals surface area (Å²) in [5.74, 6) is 0.156. The number of carbonyl (C=O) groups is 2. The molecule has 3 aromatic carbocycles. The summed E-state index contributed by atoms with van der Waals surface area (Å²) in [6.45, 7) is 1.49. The molecule has 1 aliphatic rings. The zero-order valence-electron chi connectivity index (χ0n) is 17.5. The van der Waals surface area contributed by atoms with Crippen molar-refractivity contribution < 1.29 is 18.7 Å². The second-order valence-corrected chi connectivity index (χ2v) is 7.63. The van der Waals surface area contributed by atoms with Crippen molar-refractivity contribution >= 4 is 28.3 Å². The quantitative estimate of drug-likeness (QED) is 0.441. The highest BCUT2D eigenvalue weighted by Crippen LogP contribution is 2.41. The molecule has 32 heavy (non-hydrogen) atoms. The van der Waals surface area contributed by atoms with Crippen LogP contribution >= 0.6 is 0 Å². The average molecular weight is 425 g/mol. The third-order valence-corrected chi connectivity index (χ3v) is 5.74. The zero-order valence-corrected chi connectivity index (χ0v) is 17.5. The van der Waals surface area contributed by atoms with Crippen LogP contribution in [0.1, 0.15) is 45.0 Å². The highest BCUT2D eigenvalue weighted by molar-refractivity contribution is 6.11. The predicted molar refractivity (Wildman–Crippen MR) is 121 cm³/mol. The van der Waals surface area contributed by atoms with E-state index < -0.39 is 11.9 Å². The molecule has 1 aliphatic heterocycles. The van der Waals surface area contributed by atoms with Gasteiger partial charge in [0.15, 0.2) is 11.2 Å². The first-order valence-corrected chi connectivity index (χ1v) is 10.1. The van der Waals surface area contributed by atoms with Gasteiger partial charge in [-0.3, -0.25) is 19.3 Å². The van der Waals surface area contributed by atoms with E-state index in [1.54, 1.807) is 67.8 Å². The lowest BCUT2D eigenvalue weighted by Gasteiger charge is -2.25. The van der Waals surface area contributed by atoms with Crippen molar-refractivity contribution in [2.45, 2.75) is 13.0 Å². The van der Waals surface area contributed by atoms with Crippen LogP contribution in [0.5, 0.6) is 5.75 Å². The van der Waals surface area contributed by atoms with Crippen LogP contribution in [0.15, 0.2) is 82.0 Å². The van der Waals surface area contributed by atoms with Crippen LogP contribution in [0, 0.1) is 0 Å². The summed E-state index contributed by atoms with van der Waals surface area (Å²) in [5, 5.41) is 0.417. The predicted octanol–water partition coefficient (Wildman–Crippen LogP) is 4.75. The second kappa shape index (κ2) is 7.50. The lowest BCUT2D eigenvalue weighted by molar-refractivity contribution is 0.0970. The third-order valence-electron chi connectivity index (χ3n) is 5.74. The van der Waals surface area contributed by atoms with E-state index in [4.69, 9.17) is 9.15 Å². The number of Topliss-reactive ketones (excluding diaryl/α,β-unsaturated/α-hetero) is 1. The number of ether oxygens (including phenoxy) is 1. The van der Waals surface area contributed by atoms with E-state index in [2.05, 4.69) is 0 Å². The number of fused-ring (bicyclic) bond motifs is 2. The molecule has 4 aromatic rings. The van der Waals surface area contributed by atoms with Crippen LogP contribution in [-0.4, -0.2) is 18.8 Å². The molecule has 0 fully saturated rings. The van der Waals surface area contributed by atoms with Gasteiger partial charge in [0, 0.05) is 11.3 Å². The summed E-state index contributed by atoms with van der Waals surface area (Å²) < 4.78 is 11.3. The number of methoxy groups -OCH3 is 1. The summed E-state index contributed by atoms with van der Waals surface area (Å²) in [4.78, 5) is 40.3. The van der Waals surface area contributed by atoms with Gasteiger partial charge in [0.2, 0.25) is 5.76 Å². The molecule has 6 nitrogen and oxygen atoms in total. The van der Waals surface area contributed by atoms with Gasteiger partial charge in [-0.25, -0.2) is 0 Å². The molecule has 0 saturated carbocycles. The van der Waals surface area contributed by atoms with E-state index in [0.29, 0.717) is 28.0 Å². The van der Waals surface area contributed by atoms with Crippen LogP contribution in [0.3, 0.4) is 0 Å². The molecule has 0 spiro atoms. The Morgan fingerprint density at radius 1 is 0.969 bits per heavy atom. The fourth-order valence-electron chi connectivity index (χ4n) is 4.17. The van der Waals surface area contributed by atoms with Crippen LogP contribution in [0.2, 0.25) is 0 Å². The third kappa shape index (κ3) is 3.00. The van der Waals surface area contributed by atoms with E-state index >= 15 is 0 Å². The Kier molecular flexibility index (Phi) is 4.63. The first-order valence-electron chi connectivity index (χ1n) is 10.1. The largest absolute Gasteiger partial charge is 0.497 e. The number of para-hydroxylation sites is 1. The minimum atomic E-state index is -0.698. The molecule has 1 unspecified atom stereocenters. The molecule has 0 saturated heterocycles. The highest BCUT2D eigenvalue weighted by Gasteiger charge is 2.43. The van der Waals surface area contributed by atoms with Gasteiger partial charge in [-0.1, -0.05) is 24.3 Å². The van der Waals surface area contributed by atoms with Crippen LogP contribution < -0.4 is 15.1 Å². The topological polar surface area (TPSA) is 76.8 Å². The number of anilines is 1. The summed E-state index contributed by atoms with van der Waals surface area (Å²) >= 11 is 0. The van der Waals surface area contributed by atoms with Crippen LogP contribution in [0.25, 0.3) is 11.0 Å². The Balaban J connectivity index is 1.77. The van der Waals surface area contributed by atoms with Crippen molar-refractivity contribution in [3.63, 3.8) is 0 Å². The van der Waals surface area contributed by atoms with E-state index in [1.165, 1.54) is 11.8 Å². The van der Waals surface area contributed by atoms with E-state index in [0.717, 1.165) is 5.56 Å². The van der Waals surface area contributed by atoms with Gasteiger partial charge in [-0.2, -0.15) is 0 Å². The van der Waals surface area contributed by atoms with Gasteiger partial charge >= 0.3 is 0 Å². The summed E-state index contributed by atoms with van der Waals surface area (Å²) in [6, 6.07) is 20.2. The van der Waals surface area contributed by atoms with E-state index in [1.807, 2.05) is 12.1 Å². The second-order valence-electron chi connectivity index (χ2n) is 7.63. The Labute approximate surface area is 183 Å². The van der Waals surface area contributed by atoms with Gasteiger partial charge in [0.1, 0.15) is 11.3 Å². The summed E-state index contributed by atoms with van der Waals surface area (Å²) in [5.41, 5.74) is 2.22. The Hall–Kier alpha value is -4.19. The molecule has 2 heterocycles. The van der Waals surface area contributed by atoms with Gasteiger partial charge in [-0.15, -0.1) is 0 Å². The summed E-state index contributed by atoms with van der Waals surface area (Å²) in [6.07, 6.45) is 0. The number of hydrogen-bond donors (Lipinski definition) is 0. The van der Waals surface area contributed by atoms with Gasteiger partial charge in [0.05, 0.1) is 24.1 Å². The normalized spacial score (nSPS) is 15.1. The van der Waals surface area contributed by atoms with Crippen molar-refractivity contribution in [2.75, 3.05) is 12.0 Å². The van der Waals surface area contributed by atoms with Crippen molar-refractivity contribution in [1.82, 2.24) is 0 Å². The Morgan fingerprint density at radius 3 is 2.44 bits per heavy atom. The number of nitrogens with zero attached hydrogens (tertiary/aromatic N) is 1. The number of carbonyl (C=O) groups excluding carboxylic acids is 2. The fourth-order valence-corrected chi connectivity index (χ4v) is 4.17. The molecule has 6 heteroatoms. The molecule has 158 valence electrons. The molecule has 1 atom stereocenters. The zero-order chi connectivity index (χ0) is 22.4. The Bertz CT molecular complexity index is 1440. The maximum absolute atomic E-state index is 13.5. The monoisotopic (exact) mass is 425 g/mol. The Morgan fingerprint density at radius 2 is 1.72 bits per heavy atom. The van der Waals surface area contributed by atoms with Crippen LogP contribution in [0.4, 0.5) is 5.69 Å². The van der Waals surface area contributed by atoms with Gasteiger partial charge in [-0.05, 0) is 61.0 Å². The van der Waals surface area contributed by atoms with Gasteiger partial charge < -0.3 is 9.15 Å². The summed E-state index contributed by atoms with van der Waals surface area (Å²) in [7, 11) is 1.56. The smallest absolute Gasteiger partial charge is 0.295 e. The number of hydrogen-bond acceptors (Lipinski definition) is 5. The highest BCUT2D eigenvalue weighted by atomic mass is 16.5. The lowest BCUT2D eigenvalue weighted by Crippen LogP contribution is -2.29. The molecule has 5 rings (SSSR count). The number of benzene rings is 3. The average Bonchev–Trinajstić information content (AvgIpc) is 3.12. The van der Waals surface area contributed by atoms with Gasteiger partial charge in [0.25, 0.3) is 5.91 Å². The molecule has 0 bridgehead atoms. The van der Waals surface area contributed by atoms with E-state index in [-0.39, 0.29) is 22.5 Å². The number of rotatable bonds is 4. The maximum Gasteiger partial charge on any atom is 0.295 e. The number of ketones is 1. The molecule has 1 aromatic heterocycles. The molecular formula is C26H19NO5. The number of amides is 1. The SMILES string of the molecule is COc1cccc(C2c3c(oc4ccccc4c3=O)C(=O)N2c2ccc(C(C)=O)cc2)c1. The van der Waals surface area contributed by atoms with Crippen molar-refractivity contribution in [1.29, 1.82) is 0 Å². The van der Waals surface area contributed by atoms with Crippen molar-refractivity contribution in [2.24, 2.45) is 0 Å². The minimum absolute atomic E-state index is 0.0252. The molecule has 0 aliphatic carbocycles. The van der Waals surface area contributed by atoms with Crippen molar-refractivity contribution in [3.8, 4) is 5.75 Å². The standard InChI is InChI=1S/C26H19NO5/c1-15(28)16-10-12-18(13-11-16)27-23(17-6-5-7-19(14-17)31-2)22-24(29)20-8-3-4-9-21(20)32-25(22)26(27)30/h3-14,23H,1-2H3. The molecular weight excluding hydrogens is 406 g/mol. The van der Waals surface area contributed by atoms with E-state index in [9.17, 15) is 14.4 Å².